The minimum Gasteiger partial charge on any atom is -0.439 e. The third kappa shape index (κ3) is 3.71. The van der Waals surface area contributed by atoms with E-state index >= 15 is 0 Å². The number of benzene rings is 2. The fourth-order valence-electron chi connectivity index (χ4n) is 2.35. The summed E-state index contributed by atoms with van der Waals surface area (Å²) in [6, 6.07) is 14.2. The lowest BCUT2D eigenvalue weighted by Gasteiger charge is -2.13. The third-order valence-corrected chi connectivity index (χ3v) is 4.15. The number of halogens is 3. The van der Waals surface area contributed by atoms with Crippen LogP contribution < -0.4 is 10.5 Å². The van der Waals surface area contributed by atoms with Crippen molar-refractivity contribution < 1.29 is 9.13 Å². The van der Waals surface area contributed by atoms with Gasteiger partial charge in [-0.1, -0.05) is 29.3 Å². The molecule has 7 heteroatoms. The van der Waals surface area contributed by atoms with Crippen LogP contribution in [0.1, 0.15) is 11.3 Å². The second-order valence-electron chi connectivity index (χ2n) is 5.28. The van der Waals surface area contributed by atoms with Crippen molar-refractivity contribution in [3.63, 3.8) is 0 Å². The molecule has 2 aromatic carbocycles. The second-order valence-corrected chi connectivity index (χ2v) is 6.12. The Kier molecular flexibility index (Phi) is 4.84. The van der Waals surface area contributed by atoms with E-state index in [4.69, 9.17) is 33.7 Å². The Morgan fingerprint density at radius 2 is 1.84 bits per heavy atom. The number of ether oxygens (including phenoxy) is 1. The van der Waals surface area contributed by atoms with Crippen LogP contribution >= 0.6 is 23.2 Å². The summed E-state index contributed by atoms with van der Waals surface area (Å²) in [5.41, 5.74) is 7.36. The Balaban J connectivity index is 2.00. The van der Waals surface area contributed by atoms with E-state index in [1.807, 2.05) is 0 Å². The molecule has 1 aromatic heterocycles. The SMILES string of the molecule is N#Cc1cc(N)c(Oc2ccc(F)cc2)n1Cc1ccc(Cl)cc1Cl. The quantitative estimate of drug-likeness (QED) is 0.678. The molecule has 25 heavy (non-hydrogen) atoms. The topological polar surface area (TPSA) is 64.0 Å². The molecule has 4 nitrogen and oxygen atoms in total. The van der Waals surface area contributed by atoms with Crippen LogP contribution in [0.4, 0.5) is 10.1 Å². The maximum Gasteiger partial charge on any atom is 0.224 e. The smallest absolute Gasteiger partial charge is 0.224 e. The van der Waals surface area contributed by atoms with E-state index in [1.165, 1.54) is 30.3 Å². The Labute approximate surface area is 153 Å². The molecule has 0 amide bonds. The number of nitrogens with zero attached hydrogens (tertiary/aromatic N) is 2. The van der Waals surface area contributed by atoms with Crippen LogP contribution in [0.5, 0.6) is 11.6 Å². The van der Waals surface area contributed by atoms with Gasteiger partial charge < -0.3 is 10.5 Å². The minimum atomic E-state index is -0.374. The zero-order chi connectivity index (χ0) is 18.0. The number of anilines is 1. The predicted octanol–water partition coefficient (Wildman–Crippen LogP) is 5.23. The molecular formula is C18H12Cl2FN3O. The van der Waals surface area contributed by atoms with Crippen LogP contribution in [-0.2, 0) is 6.54 Å². The van der Waals surface area contributed by atoms with Gasteiger partial charge in [0.1, 0.15) is 23.3 Å². The maximum atomic E-state index is 13.1. The highest BCUT2D eigenvalue weighted by molar-refractivity contribution is 6.35. The number of aromatic nitrogens is 1. The van der Waals surface area contributed by atoms with Gasteiger partial charge in [0.05, 0.1) is 12.2 Å². The van der Waals surface area contributed by atoms with Gasteiger partial charge >= 0.3 is 0 Å². The van der Waals surface area contributed by atoms with Gasteiger partial charge in [-0.3, -0.25) is 4.57 Å². The van der Waals surface area contributed by atoms with Crippen LogP contribution in [0.2, 0.25) is 10.0 Å². The molecule has 0 spiro atoms. The molecule has 0 bridgehead atoms. The second kappa shape index (κ2) is 7.06. The molecule has 0 aliphatic rings. The zero-order valence-corrected chi connectivity index (χ0v) is 14.4. The van der Waals surface area contributed by atoms with Gasteiger partial charge in [-0.2, -0.15) is 5.26 Å². The Bertz CT molecular complexity index is 962. The van der Waals surface area contributed by atoms with Crippen molar-refractivity contribution >= 4 is 28.9 Å². The van der Waals surface area contributed by atoms with Gasteiger partial charge in [0.2, 0.25) is 5.88 Å². The number of nitrogens with two attached hydrogens (primary N) is 1. The summed E-state index contributed by atoms with van der Waals surface area (Å²) in [5.74, 6) is 0.315. The van der Waals surface area contributed by atoms with Gasteiger partial charge in [-0.05, 0) is 42.0 Å². The molecular weight excluding hydrogens is 364 g/mol. The van der Waals surface area contributed by atoms with E-state index in [9.17, 15) is 9.65 Å². The Morgan fingerprint density at radius 3 is 2.48 bits per heavy atom. The number of hydrogen-bond donors (Lipinski definition) is 1. The van der Waals surface area contributed by atoms with Crippen LogP contribution in [0.15, 0.2) is 48.5 Å². The first-order valence-electron chi connectivity index (χ1n) is 7.24. The summed E-state index contributed by atoms with van der Waals surface area (Å²) in [7, 11) is 0. The first kappa shape index (κ1) is 17.2. The molecule has 0 saturated heterocycles. The summed E-state index contributed by atoms with van der Waals surface area (Å²) in [4.78, 5) is 0. The standard InChI is InChI=1S/C18H12Cl2FN3O/c19-12-2-1-11(16(20)7-12)10-24-14(9-22)8-17(23)18(24)25-15-5-3-13(21)4-6-15/h1-8H,10,23H2. The van der Waals surface area contributed by atoms with E-state index in [2.05, 4.69) is 6.07 Å². The third-order valence-electron chi connectivity index (χ3n) is 3.56. The first-order valence-corrected chi connectivity index (χ1v) is 8.00. The maximum absolute atomic E-state index is 13.1. The summed E-state index contributed by atoms with van der Waals surface area (Å²) in [6.45, 7) is 0.270. The summed E-state index contributed by atoms with van der Waals surface area (Å²) in [5, 5.41) is 10.4. The average Bonchev–Trinajstić information content (AvgIpc) is 2.88. The minimum absolute atomic E-state index is 0.270. The zero-order valence-electron chi connectivity index (χ0n) is 12.8. The van der Waals surface area contributed by atoms with Gasteiger partial charge in [0.15, 0.2) is 0 Å². The molecule has 2 N–H and O–H groups in total. The number of nitrogen functional groups attached to an aromatic ring is 1. The number of rotatable bonds is 4. The molecule has 0 aliphatic carbocycles. The molecule has 0 atom stereocenters. The highest BCUT2D eigenvalue weighted by Gasteiger charge is 2.17. The van der Waals surface area contributed by atoms with E-state index in [0.717, 1.165) is 5.56 Å². The van der Waals surface area contributed by atoms with Crippen molar-refractivity contribution in [2.45, 2.75) is 6.54 Å². The Morgan fingerprint density at radius 1 is 1.12 bits per heavy atom. The monoisotopic (exact) mass is 375 g/mol. The van der Waals surface area contributed by atoms with Gasteiger partial charge in [0, 0.05) is 16.1 Å². The van der Waals surface area contributed by atoms with Gasteiger partial charge in [-0.25, -0.2) is 4.39 Å². The van der Waals surface area contributed by atoms with Crippen LogP contribution in [0, 0.1) is 17.1 Å². The number of nitriles is 1. The molecule has 0 saturated carbocycles. The summed E-state index contributed by atoms with van der Waals surface area (Å²) < 4.78 is 20.4. The summed E-state index contributed by atoms with van der Waals surface area (Å²) >= 11 is 12.1. The highest BCUT2D eigenvalue weighted by atomic mass is 35.5. The lowest BCUT2D eigenvalue weighted by atomic mass is 10.2. The van der Waals surface area contributed by atoms with E-state index in [-0.39, 0.29) is 18.2 Å². The Hall–Kier alpha value is -2.68. The first-order chi connectivity index (χ1) is 12.0. The number of hydrogen-bond acceptors (Lipinski definition) is 3. The van der Waals surface area contributed by atoms with Crippen LogP contribution in [0.3, 0.4) is 0 Å². The van der Waals surface area contributed by atoms with E-state index in [0.29, 0.717) is 27.2 Å². The van der Waals surface area contributed by atoms with Gasteiger partial charge in [0.25, 0.3) is 0 Å². The molecule has 0 fully saturated rings. The van der Waals surface area contributed by atoms with Crippen molar-refractivity contribution in [2.24, 2.45) is 0 Å². The lowest BCUT2D eigenvalue weighted by molar-refractivity contribution is 0.436. The molecule has 3 aromatic rings. The fourth-order valence-corrected chi connectivity index (χ4v) is 2.82. The molecule has 126 valence electrons. The van der Waals surface area contributed by atoms with Crippen LogP contribution in [-0.4, -0.2) is 4.57 Å². The van der Waals surface area contributed by atoms with Crippen molar-refractivity contribution in [1.29, 1.82) is 5.26 Å². The van der Waals surface area contributed by atoms with E-state index in [1.54, 1.807) is 22.8 Å². The largest absolute Gasteiger partial charge is 0.439 e. The van der Waals surface area contributed by atoms with Crippen molar-refractivity contribution in [3.8, 4) is 17.7 Å². The van der Waals surface area contributed by atoms with Crippen molar-refractivity contribution in [3.05, 3.63) is 75.7 Å². The highest BCUT2D eigenvalue weighted by Crippen LogP contribution is 2.33. The summed E-state index contributed by atoms with van der Waals surface area (Å²) in [6.07, 6.45) is 0. The molecule has 3 rings (SSSR count). The molecule has 0 radical (unpaired) electrons. The average molecular weight is 376 g/mol. The van der Waals surface area contributed by atoms with Gasteiger partial charge in [-0.15, -0.1) is 0 Å². The predicted molar refractivity (Wildman–Crippen MR) is 95.6 cm³/mol. The fraction of sp³-hybridized carbons (Fsp3) is 0.0556. The lowest BCUT2D eigenvalue weighted by Crippen LogP contribution is -2.05. The van der Waals surface area contributed by atoms with Crippen molar-refractivity contribution in [2.75, 3.05) is 5.73 Å². The van der Waals surface area contributed by atoms with Crippen molar-refractivity contribution in [1.82, 2.24) is 4.57 Å². The molecule has 0 unspecified atom stereocenters. The molecule has 0 aliphatic heterocycles. The van der Waals surface area contributed by atoms with E-state index < -0.39 is 0 Å². The normalized spacial score (nSPS) is 10.5. The van der Waals surface area contributed by atoms with Crippen LogP contribution in [0.25, 0.3) is 0 Å². The molecule has 1 heterocycles.